The molecule has 1 aliphatic heterocycles. The average Bonchev–Trinajstić information content (AvgIpc) is 1.90. The Labute approximate surface area is 59.8 Å². The fourth-order valence-corrected chi connectivity index (χ4v) is 0.913. The molecule has 0 amide bonds. The molecule has 0 aromatic rings. The second-order valence-electron chi connectivity index (χ2n) is 2.09. The summed E-state index contributed by atoms with van der Waals surface area (Å²) in [6, 6.07) is 0. The number of hydrogen-bond acceptors (Lipinski definition) is 0. The van der Waals surface area contributed by atoms with Crippen molar-refractivity contribution in [1.29, 1.82) is 0 Å². The molecule has 69 valence electrons. The third kappa shape index (κ3) is 6.96. The Morgan fingerprint density at radius 3 is 1.50 bits per heavy atom. The van der Waals surface area contributed by atoms with Gasteiger partial charge in [0.05, 0.1) is 0 Å². The summed E-state index contributed by atoms with van der Waals surface area (Å²) in [5.74, 6) is 0. The Kier molecular flexibility index (Phi) is 17.3. The molecule has 1 nitrogen and oxygen atoms in total. The maximum atomic E-state index is 4.27. The molecule has 0 N–H and O–H groups in total. The second-order valence-corrected chi connectivity index (χ2v) is 2.09. The summed E-state index contributed by atoms with van der Waals surface area (Å²) in [6.45, 7) is 2.25. The van der Waals surface area contributed by atoms with E-state index in [0.717, 1.165) is 13.1 Å². The van der Waals surface area contributed by atoms with E-state index in [9.17, 15) is 0 Å². The van der Waals surface area contributed by atoms with Crippen LogP contribution in [0.1, 0.15) is 25.7 Å². The van der Waals surface area contributed by atoms with E-state index in [1.54, 1.807) is 0 Å². The average molecular weight is 380 g/mol. The third-order valence-corrected chi connectivity index (χ3v) is 1.38. The van der Waals surface area contributed by atoms with E-state index in [1.807, 2.05) is 0 Å². The van der Waals surface area contributed by atoms with Crippen LogP contribution in [-0.2, 0) is 0 Å². The van der Waals surface area contributed by atoms with Crippen molar-refractivity contribution in [1.82, 2.24) is 0 Å². The number of nitrogens with zero attached hydrogens (tertiary/aromatic N) is 1. The first kappa shape index (κ1) is 16.0. The van der Waals surface area contributed by atoms with E-state index in [-0.39, 0.29) is 14.9 Å². The molecule has 0 aliphatic carbocycles. The predicted molar refractivity (Wildman–Crippen MR) is 44.4 cm³/mol. The van der Waals surface area contributed by atoms with Crippen molar-refractivity contribution in [3.63, 3.8) is 0 Å². The van der Waals surface area contributed by atoms with Crippen LogP contribution in [-0.4, -0.2) is 13.1 Å². The van der Waals surface area contributed by atoms with Crippen LogP contribution in [0.25, 0.3) is 5.32 Å². The van der Waals surface area contributed by atoms with Gasteiger partial charge < -0.3 is 20.2 Å². The van der Waals surface area contributed by atoms with Crippen LogP contribution >= 0.6 is 0 Å². The van der Waals surface area contributed by atoms with Crippen molar-refractivity contribution >= 4 is 0 Å². The first-order valence-corrected chi connectivity index (χ1v) is 3.13. The zero-order valence-electron chi connectivity index (χ0n) is 6.99. The van der Waals surface area contributed by atoms with Crippen LogP contribution < -0.4 is 0 Å². The molecule has 10 heavy (non-hydrogen) atoms. The van der Waals surface area contributed by atoms with Gasteiger partial charge in [0, 0.05) is 0 Å². The van der Waals surface area contributed by atoms with Gasteiger partial charge in [-0.1, -0.05) is 25.7 Å². The fourth-order valence-electron chi connectivity index (χ4n) is 0.913. The van der Waals surface area contributed by atoms with Gasteiger partial charge >= 0.3 is 0 Å². The van der Waals surface area contributed by atoms with Crippen molar-refractivity contribution in [3.05, 3.63) is 20.2 Å². The summed E-state index contributed by atoms with van der Waals surface area (Å²) >= 11 is 0. The first-order chi connectivity index (χ1) is 3.50. The van der Waals surface area contributed by atoms with Gasteiger partial charge in [0.1, 0.15) is 0 Å². The maximum absolute atomic E-state index is 4.27. The molecule has 1 radical (unpaired) electrons. The molecule has 0 bridgehead atoms. The second kappa shape index (κ2) is 10.9. The van der Waals surface area contributed by atoms with Crippen LogP contribution in [0.15, 0.2) is 0 Å². The molecule has 1 saturated heterocycles. The Morgan fingerprint density at radius 2 is 1.10 bits per heavy atom. The molecule has 0 atom stereocenters. The van der Waals surface area contributed by atoms with Gasteiger partial charge in [-0.25, -0.2) is 0 Å². The molecule has 1 heterocycles. The predicted octanol–water partition coefficient (Wildman–Crippen LogP) is 2.83. The largest absolute Gasteiger partial charge is 0.662 e. The van der Waals surface area contributed by atoms with Gasteiger partial charge in [-0.05, 0) is 0 Å². The van der Waals surface area contributed by atoms with Crippen molar-refractivity contribution in [3.8, 4) is 0 Å². The summed E-state index contributed by atoms with van der Waals surface area (Å²) in [6.07, 6.45) is 5.48. The molecular weight excluding hydrogens is 362 g/mol. The van der Waals surface area contributed by atoms with Crippen LogP contribution in [0.4, 0.5) is 0 Å². The summed E-state index contributed by atoms with van der Waals surface area (Å²) in [4.78, 5) is 0. The molecule has 1 fully saturated rings. The molecule has 0 saturated carbocycles. The van der Waals surface area contributed by atoms with E-state index in [4.69, 9.17) is 0 Å². The Morgan fingerprint density at radius 1 is 0.700 bits per heavy atom. The monoisotopic (exact) mass is 380 g/mol. The van der Waals surface area contributed by atoms with Crippen LogP contribution in [0.5, 0.6) is 0 Å². The minimum atomic E-state index is 0. The zero-order valence-corrected chi connectivity index (χ0v) is 9.50. The number of hydrogen-bond donors (Lipinski definition) is 0. The Hall–Kier alpha value is -1.04. The van der Waals surface area contributed by atoms with Crippen molar-refractivity contribution in [2.24, 2.45) is 0 Å². The van der Waals surface area contributed by atoms with Crippen molar-refractivity contribution in [2.45, 2.75) is 25.7 Å². The van der Waals surface area contributed by atoms with Crippen LogP contribution in [0, 0.1) is 14.9 Å². The van der Waals surface area contributed by atoms with Gasteiger partial charge in [0.15, 0.2) is 0 Å². The summed E-state index contributed by atoms with van der Waals surface area (Å²) in [5.41, 5.74) is 0. The maximum Gasteiger partial charge on any atom is 0 e. The molecule has 1 rings (SSSR count). The molecule has 2 heteroatoms. The first-order valence-electron chi connectivity index (χ1n) is 3.13. The van der Waals surface area contributed by atoms with Gasteiger partial charge in [-0.3, -0.25) is 0 Å². The van der Waals surface area contributed by atoms with E-state index < -0.39 is 0 Å². The van der Waals surface area contributed by atoms with Crippen LogP contribution in [0.2, 0.25) is 0 Å². The third-order valence-electron chi connectivity index (χ3n) is 1.38. The van der Waals surface area contributed by atoms with Gasteiger partial charge in [0.2, 0.25) is 0 Å². The number of rotatable bonds is 0. The summed E-state index contributed by atoms with van der Waals surface area (Å²) in [7, 11) is 0. The molecule has 0 aromatic heterocycles. The van der Waals surface area contributed by atoms with E-state index >= 15 is 0 Å². The smallest absolute Gasteiger partial charge is 0 e. The summed E-state index contributed by atoms with van der Waals surface area (Å²) < 4.78 is 0. The van der Waals surface area contributed by atoms with Gasteiger partial charge in [-0.15, -0.1) is 13.1 Å². The Bertz CT molecular complexity index is 28.9. The van der Waals surface area contributed by atoms with Gasteiger partial charge in [0.25, 0.3) is 0 Å². The summed E-state index contributed by atoms with van der Waals surface area (Å²) in [5, 5.41) is 4.27. The molecular formula is C8H18EsN-3. The molecule has 0 aromatic carbocycles. The molecule has 1 aliphatic rings. The minimum absolute atomic E-state index is 0. The normalized spacial score (nSPS) is 16.8. The van der Waals surface area contributed by atoms with Gasteiger partial charge in [-0.2, -0.15) is 0 Å². The standard InChI is InChI=1S/C6H12N.2CH3.Es/c1-2-4-6-7-5-3-1;;;/h1-6H2;2*1H3;/q3*-1;. The van der Waals surface area contributed by atoms with E-state index in [1.165, 1.54) is 25.7 Å². The van der Waals surface area contributed by atoms with Crippen molar-refractivity contribution < 1.29 is 0 Å². The van der Waals surface area contributed by atoms with E-state index in [0.29, 0.717) is 0 Å². The van der Waals surface area contributed by atoms with Crippen molar-refractivity contribution in [2.75, 3.05) is 13.1 Å². The minimum Gasteiger partial charge on any atom is -0.662 e. The van der Waals surface area contributed by atoms with Crippen LogP contribution in [0.3, 0.4) is 0 Å². The zero-order chi connectivity index (χ0) is 4.95. The SMILES string of the molecule is C1CCC[N-]CC1.[CH3-].[CH3-].[Es]. The fraction of sp³-hybridized carbons (Fsp3) is 0.750. The quantitative estimate of drug-likeness (QED) is 0.574. The Balaban J connectivity index is -0.000000163. The topological polar surface area (TPSA) is 14.1 Å². The molecule has 0 spiro atoms. The molecule has 0 unspecified atom stereocenters. The van der Waals surface area contributed by atoms with E-state index in [2.05, 4.69) is 5.32 Å².